The fourth-order valence-electron chi connectivity index (χ4n) is 1.83. The van der Waals surface area contributed by atoms with Gasteiger partial charge in [-0.1, -0.05) is 18.2 Å². The molecule has 0 atom stereocenters. The molecule has 1 aliphatic heterocycles. The second-order valence-corrected chi connectivity index (χ2v) is 3.61. The van der Waals surface area contributed by atoms with Crippen molar-refractivity contribution in [3.05, 3.63) is 35.4 Å². The molecule has 2 rings (SSSR count). The molecular weight excluding hydrogens is 206 g/mol. The number of anilines is 1. The molecule has 16 heavy (non-hydrogen) atoms. The number of para-hydroxylation sites is 1. The van der Waals surface area contributed by atoms with Crippen LogP contribution >= 0.6 is 0 Å². The number of fused-ring (bicyclic) bond motifs is 1. The Morgan fingerprint density at radius 3 is 2.62 bits per heavy atom. The largest absolute Gasteiger partial charge is 0.478 e. The van der Waals surface area contributed by atoms with Crippen LogP contribution in [-0.4, -0.2) is 23.4 Å². The summed E-state index contributed by atoms with van der Waals surface area (Å²) in [5.41, 5.74) is 1.77. The van der Waals surface area contributed by atoms with Crippen molar-refractivity contribution in [2.75, 3.05) is 11.9 Å². The predicted molar refractivity (Wildman–Crippen MR) is 60.2 cm³/mol. The first-order valence-corrected chi connectivity index (χ1v) is 4.92. The minimum atomic E-state index is -1.06. The average Bonchev–Trinajstić information content (AvgIpc) is 2.27. The molecule has 0 saturated carbocycles. The lowest BCUT2D eigenvalue weighted by Gasteiger charge is -2.21. The summed E-state index contributed by atoms with van der Waals surface area (Å²) in [6, 6.07) is 7.08. The monoisotopic (exact) mass is 217 g/mol. The van der Waals surface area contributed by atoms with E-state index in [2.05, 4.69) is 5.32 Å². The van der Waals surface area contributed by atoms with E-state index in [9.17, 15) is 9.59 Å². The SMILES string of the molecule is CC(=O)C1=C(C(=O)O)c2ccccc2NC1. The minimum absolute atomic E-state index is 0.113. The Kier molecular flexibility index (Phi) is 2.48. The first kappa shape index (κ1) is 10.4. The molecule has 2 N–H and O–H groups in total. The van der Waals surface area contributed by atoms with Crippen LogP contribution in [0.3, 0.4) is 0 Å². The highest BCUT2D eigenvalue weighted by Crippen LogP contribution is 2.31. The molecule has 1 aromatic rings. The number of hydrogen-bond donors (Lipinski definition) is 2. The van der Waals surface area contributed by atoms with E-state index in [0.29, 0.717) is 11.1 Å². The molecule has 82 valence electrons. The van der Waals surface area contributed by atoms with Gasteiger partial charge in [-0.05, 0) is 13.0 Å². The zero-order valence-electron chi connectivity index (χ0n) is 8.78. The van der Waals surface area contributed by atoms with Gasteiger partial charge in [-0.2, -0.15) is 0 Å². The van der Waals surface area contributed by atoms with Gasteiger partial charge >= 0.3 is 5.97 Å². The number of hydrogen-bond acceptors (Lipinski definition) is 3. The number of carbonyl (C=O) groups is 2. The van der Waals surface area contributed by atoms with E-state index in [4.69, 9.17) is 5.11 Å². The Morgan fingerprint density at radius 2 is 2.00 bits per heavy atom. The summed E-state index contributed by atoms with van der Waals surface area (Å²) in [5.74, 6) is -1.27. The summed E-state index contributed by atoms with van der Waals surface area (Å²) in [5, 5.41) is 12.2. The minimum Gasteiger partial charge on any atom is -0.478 e. The molecule has 0 aromatic heterocycles. The van der Waals surface area contributed by atoms with Crippen LogP contribution in [0.4, 0.5) is 5.69 Å². The number of carbonyl (C=O) groups excluding carboxylic acids is 1. The van der Waals surface area contributed by atoms with Crippen molar-refractivity contribution < 1.29 is 14.7 Å². The van der Waals surface area contributed by atoms with Gasteiger partial charge in [0.1, 0.15) is 0 Å². The summed E-state index contributed by atoms with van der Waals surface area (Å²) in [4.78, 5) is 22.6. The number of aliphatic carboxylic acids is 1. The van der Waals surface area contributed by atoms with Gasteiger partial charge < -0.3 is 10.4 Å². The quantitative estimate of drug-likeness (QED) is 0.788. The zero-order valence-corrected chi connectivity index (χ0v) is 8.78. The Labute approximate surface area is 92.6 Å². The van der Waals surface area contributed by atoms with Crippen LogP contribution in [0, 0.1) is 0 Å². The Bertz CT molecular complexity index is 503. The van der Waals surface area contributed by atoms with Crippen LogP contribution < -0.4 is 5.32 Å². The highest BCUT2D eigenvalue weighted by atomic mass is 16.4. The number of carboxylic acids is 1. The van der Waals surface area contributed by atoms with Gasteiger partial charge in [-0.25, -0.2) is 4.79 Å². The molecule has 1 aliphatic rings. The third-order valence-electron chi connectivity index (χ3n) is 2.59. The average molecular weight is 217 g/mol. The smallest absolute Gasteiger partial charge is 0.336 e. The van der Waals surface area contributed by atoms with Crippen molar-refractivity contribution >= 4 is 23.0 Å². The molecular formula is C12H11NO3. The molecule has 0 aliphatic carbocycles. The van der Waals surface area contributed by atoms with E-state index in [1.54, 1.807) is 18.2 Å². The summed E-state index contributed by atoms with van der Waals surface area (Å²) in [6.45, 7) is 1.65. The van der Waals surface area contributed by atoms with Crippen molar-refractivity contribution in [2.45, 2.75) is 6.92 Å². The topological polar surface area (TPSA) is 66.4 Å². The van der Waals surface area contributed by atoms with E-state index in [1.165, 1.54) is 6.92 Å². The fourth-order valence-corrected chi connectivity index (χ4v) is 1.83. The van der Waals surface area contributed by atoms with Crippen molar-refractivity contribution in [1.29, 1.82) is 0 Å². The van der Waals surface area contributed by atoms with Gasteiger partial charge in [0.05, 0.1) is 5.57 Å². The van der Waals surface area contributed by atoms with Crippen molar-refractivity contribution in [3.63, 3.8) is 0 Å². The molecule has 4 nitrogen and oxygen atoms in total. The van der Waals surface area contributed by atoms with E-state index in [-0.39, 0.29) is 17.9 Å². The fraction of sp³-hybridized carbons (Fsp3) is 0.167. The van der Waals surface area contributed by atoms with Gasteiger partial charge in [0, 0.05) is 23.4 Å². The molecule has 0 fully saturated rings. The maximum Gasteiger partial charge on any atom is 0.336 e. The number of rotatable bonds is 2. The molecule has 1 heterocycles. The highest BCUT2D eigenvalue weighted by Gasteiger charge is 2.25. The van der Waals surface area contributed by atoms with Crippen molar-refractivity contribution in [3.8, 4) is 0 Å². The first-order valence-electron chi connectivity index (χ1n) is 4.92. The van der Waals surface area contributed by atoms with Crippen LogP contribution in [-0.2, 0) is 9.59 Å². The van der Waals surface area contributed by atoms with E-state index < -0.39 is 5.97 Å². The summed E-state index contributed by atoms with van der Waals surface area (Å²) >= 11 is 0. The summed E-state index contributed by atoms with van der Waals surface area (Å²) in [6.07, 6.45) is 0. The normalized spacial score (nSPS) is 14.1. The van der Waals surface area contributed by atoms with Crippen LogP contribution in [0.1, 0.15) is 12.5 Å². The molecule has 0 amide bonds. The summed E-state index contributed by atoms with van der Waals surface area (Å²) < 4.78 is 0. The number of ketones is 1. The second-order valence-electron chi connectivity index (χ2n) is 3.61. The first-order chi connectivity index (χ1) is 7.61. The lowest BCUT2D eigenvalue weighted by atomic mass is 9.93. The van der Waals surface area contributed by atoms with E-state index in [1.807, 2.05) is 6.07 Å². The van der Waals surface area contributed by atoms with Crippen molar-refractivity contribution in [2.24, 2.45) is 0 Å². The lowest BCUT2D eigenvalue weighted by molar-refractivity contribution is -0.130. The number of carboxylic acid groups (broad SMARTS) is 1. The Hall–Kier alpha value is -2.10. The standard InChI is InChI=1S/C12H11NO3/c1-7(14)9-6-13-10-5-3-2-4-8(10)11(9)12(15)16/h2-5,13H,6H2,1H3,(H,15,16). The third-order valence-corrected chi connectivity index (χ3v) is 2.59. The van der Waals surface area contributed by atoms with Crippen LogP contribution in [0.5, 0.6) is 0 Å². The third kappa shape index (κ3) is 1.58. The van der Waals surface area contributed by atoms with Gasteiger partial charge in [0.15, 0.2) is 5.78 Å². The molecule has 1 aromatic carbocycles. The van der Waals surface area contributed by atoms with Crippen LogP contribution in [0.15, 0.2) is 29.8 Å². The van der Waals surface area contributed by atoms with Gasteiger partial charge in [-0.15, -0.1) is 0 Å². The number of benzene rings is 1. The predicted octanol–water partition coefficient (Wildman–Crippen LogP) is 1.54. The maximum atomic E-state index is 11.4. The van der Waals surface area contributed by atoms with Gasteiger partial charge in [-0.3, -0.25) is 4.79 Å². The molecule has 0 spiro atoms. The van der Waals surface area contributed by atoms with E-state index >= 15 is 0 Å². The van der Waals surface area contributed by atoms with Crippen molar-refractivity contribution in [1.82, 2.24) is 0 Å². The van der Waals surface area contributed by atoms with Gasteiger partial charge in [0.25, 0.3) is 0 Å². The molecule has 0 bridgehead atoms. The summed E-state index contributed by atoms with van der Waals surface area (Å²) in [7, 11) is 0. The highest BCUT2D eigenvalue weighted by molar-refractivity contribution is 6.25. The van der Waals surface area contributed by atoms with Crippen LogP contribution in [0.2, 0.25) is 0 Å². The Balaban J connectivity index is 2.67. The number of nitrogens with one attached hydrogen (secondary N) is 1. The Morgan fingerprint density at radius 1 is 1.31 bits per heavy atom. The van der Waals surface area contributed by atoms with Crippen LogP contribution in [0.25, 0.3) is 5.57 Å². The molecule has 4 heteroatoms. The van der Waals surface area contributed by atoms with E-state index in [0.717, 1.165) is 5.69 Å². The molecule has 0 saturated heterocycles. The second kappa shape index (κ2) is 3.81. The van der Waals surface area contributed by atoms with Gasteiger partial charge in [0.2, 0.25) is 0 Å². The number of Topliss-reactive ketones (excluding diaryl/α,β-unsaturated/α-hetero) is 1. The molecule has 0 radical (unpaired) electrons. The lowest BCUT2D eigenvalue weighted by Crippen LogP contribution is -2.21. The zero-order chi connectivity index (χ0) is 11.7. The molecule has 0 unspecified atom stereocenters. The maximum absolute atomic E-state index is 11.4.